The topological polar surface area (TPSA) is 66.4 Å². The molecule has 1 heterocycles. The maximum atomic E-state index is 12.1. The maximum Gasteiger partial charge on any atom is 0.307 e. The highest BCUT2D eigenvalue weighted by atomic mass is 79.9. The third-order valence-electron chi connectivity index (χ3n) is 3.75. The Morgan fingerprint density at radius 1 is 1.40 bits per heavy atom. The number of aliphatic carboxylic acids is 1. The van der Waals surface area contributed by atoms with Crippen LogP contribution < -0.4 is 5.32 Å². The molecule has 20 heavy (non-hydrogen) atoms. The lowest BCUT2D eigenvalue weighted by Crippen LogP contribution is -2.36. The van der Waals surface area contributed by atoms with Crippen LogP contribution in [0.1, 0.15) is 24.6 Å². The Balaban J connectivity index is 1.83. The summed E-state index contributed by atoms with van der Waals surface area (Å²) in [5, 5.41) is 12.0. The molecule has 1 amide bonds. The molecule has 2 rings (SSSR count). The summed E-state index contributed by atoms with van der Waals surface area (Å²) in [6, 6.07) is 4.01. The van der Waals surface area contributed by atoms with Crippen molar-refractivity contribution in [2.75, 3.05) is 6.54 Å². The van der Waals surface area contributed by atoms with E-state index in [0.717, 1.165) is 10.2 Å². The predicted octanol–water partition coefficient (Wildman–Crippen LogP) is 2.92. The van der Waals surface area contributed by atoms with Crippen LogP contribution in [-0.2, 0) is 16.0 Å². The van der Waals surface area contributed by atoms with Crippen molar-refractivity contribution in [1.82, 2.24) is 5.32 Å². The molecule has 0 bridgehead atoms. The van der Waals surface area contributed by atoms with Crippen molar-refractivity contribution in [2.24, 2.45) is 17.8 Å². The van der Waals surface area contributed by atoms with E-state index < -0.39 is 11.9 Å². The van der Waals surface area contributed by atoms with Crippen molar-refractivity contribution in [2.45, 2.75) is 26.2 Å². The molecule has 1 aromatic heterocycles. The highest BCUT2D eigenvalue weighted by Crippen LogP contribution is 2.36. The number of nitrogens with one attached hydrogen (secondary N) is 1. The van der Waals surface area contributed by atoms with Crippen LogP contribution in [0.5, 0.6) is 0 Å². The lowest BCUT2D eigenvalue weighted by atomic mass is 9.95. The van der Waals surface area contributed by atoms with Gasteiger partial charge >= 0.3 is 5.97 Å². The van der Waals surface area contributed by atoms with Crippen LogP contribution in [0.25, 0.3) is 0 Å². The van der Waals surface area contributed by atoms with Crippen molar-refractivity contribution >= 4 is 39.1 Å². The van der Waals surface area contributed by atoms with E-state index in [0.29, 0.717) is 25.3 Å². The highest BCUT2D eigenvalue weighted by molar-refractivity contribution is 9.11. The fourth-order valence-corrected chi connectivity index (χ4v) is 4.26. The SMILES string of the molecule is CC1CC(C(=O)O)C(C(=O)NCCc2ccc(Br)s2)C1. The van der Waals surface area contributed by atoms with Gasteiger partial charge in [-0.1, -0.05) is 6.92 Å². The number of carboxylic acids is 1. The summed E-state index contributed by atoms with van der Waals surface area (Å²) in [5.74, 6) is -1.56. The highest BCUT2D eigenvalue weighted by Gasteiger charge is 2.40. The molecule has 1 fully saturated rings. The zero-order valence-corrected chi connectivity index (χ0v) is 13.7. The van der Waals surface area contributed by atoms with Gasteiger partial charge in [-0.15, -0.1) is 11.3 Å². The molecule has 6 heteroatoms. The lowest BCUT2D eigenvalue weighted by Gasteiger charge is -2.15. The molecule has 1 saturated carbocycles. The van der Waals surface area contributed by atoms with E-state index in [9.17, 15) is 14.7 Å². The van der Waals surface area contributed by atoms with Gasteiger partial charge in [0, 0.05) is 11.4 Å². The molecule has 1 aromatic rings. The standard InChI is InChI=1S/C14H18BrNO3S/c1-8-6-10(11(7-8)14(18)19)13(17)16-5-4-9-2-3-12(15)20-9/h2-3,8,10-11H,4-7H2,1H3,(H,16,17)(H,18,19). The largest absolute Gasteiger partial charge is 0.481 e. The molecule has 0 aliphatic heterocycles. The Bertz CT molecular complexity index is 502. The van der Waals surface area contributed by atoms with Gasteiger partial charge in [-0.25, -0.2) is 0 Å². The molecule has 110 valence electrons. The van der Waals surface area contributed by atoms with Crippen LogP contribution in [0.4, 0.5) is 0 Å². The third-order valence-corrected chi connectivity index (χ3v) is 5.44. The number of rotatable bonds is 5. The van der Waals surface area contributed by atoms with Crippen LogP contribution in [-0.4, -0.2) is 23.5 Å². The average Bonchev–Trinajstić information content (AvgIpc) is 2.95. The first-order valence-corrected chi connectivity index (χ1v) is 8.33. The first-order chi connectivity index (χ1) is 9.47. The molecule has 0 aromatic carbocycles. The number of carbonyl (C=O) groups excluding carboxylic acids is 1. The first kappa shape index (κ1) is 15.5. The number of carboxylic acid groups (broad SMARTS) is 1. The zero-order chi connectivity index (χ0) is 14.7. The van der Waals surface area contributed by atoms with Crippen LogP contribution in [0.2, 0.25) is 0 Å². The number of amides is 1. The minimum Gasteiger partial charge on any atom is -0.481 e. The van der Waals surface area contributed by atoms with Crippen LogP contribution in [0.3, 0.4) is 0 Å². The Hall–Kier alpha value is -0.880. The van der Waals surface area contributed by atoms with Crippen molar-refractivity contribution in [3.8, 4) is 0 Å². The maximum absolute atomic E-state index is 12.1. The minimum absolute atomic E-state index is 0.114. The van der Waals surface area contributed by atoms with Crippen LogP contribution in [0, 0.1) is 17.8 Å². The van der Waals surface area contributed by atoms with E-state index in [4.69, 9.17) is 0 Å². The average molecular weight is 360 g/mol. The molecule has 1 aliphatic carbocycles. The molecule has 3 atom stereocenters. The summed E-state index contributed by atoms with van der Waals surface area (Å²) >= 11 is 5.05. The molecule has 4 nitrogen and oxygen atoms in total. The third kappa shape index (κ3) is 3.82. The normalized spacial score (nSPS) is 25.6. The van der Waals surface area contributed by atoms with Gasteiger partial charge in [0.05, 0.1) is 15.6 Å². The van der Waals surface area contributed by atoms with E-state index in [1.54, 1.807) is 11.3 Å². The quantitative estimate of drug-likeness (QED) is 0.849. The van der Waals surface area contributed by atoms with Crippen molar-refractivity contribution in [3.05, 3.63) is 20.8 Å². The predicted molar refractivity (Wildman–Crippen MR) is 81.7 cm³/mol. The van der Waals surface area contributed by atoms with E-state index in [-0.39, 0.29) is 11.8 Å². The zero-order valence-electron chi connectivity index (χ0n) is 11.3. The number of hydrogen-bond donors (Lipinski definition) is 2. The lowest BCUT2D eigenvalue weighted by molar-refractivity contribution is -0.146. The molecule has 2 N–H and O–H groups in total. The Kier molecular flexibility index (Phi) is 5.21. The van der Waals surface area contributed by atoms with E-state index in [1.165, 1.54) is 4.88 Å². The van der Waals surface area contributed by atoms with E-state index >= 15 is 0 Å². The summed E-state index contributed by atoms with van der Waals surface area (Å²) < 4.78 is 1.08. The fraction of sp³-hybridized carbons (Fsp3) is 0.571. The first-order valence-electron chi connectivity index (χ1n) is 6.72. The summed E-state index contributed by atoms with van der Waals surface area (Å²) in [4.78, 5) is 24.5. The second kappa shape index (κ2) is 6.72. The number of carbonyl (C=O) groups is 2. The van der Waals surface area contributed by atoms with Crippen LogP contribution >= 0.6 is 27.3 Å². The molecule has 0 spiro atoms. The van der Waals surface area contributed by atoms with Gasteiger partial charge in [-0.3, -0.25) is 9.59 Å². The molecular weight excluding hydrogens is 342 g/mol. The minimum atomic E-state index is -0.850. The van der Waals surface area contributed by atoms with Crippen molar-refractivity contribution in [1.29, 1.82) is 0 Å². The smallest absolute Gasteiger partial charge is 0.307 e. The second-order valence-electron chi connectivity index (χ2n) is 5.37. The van der Waals surface area contributed by atoms with Crippen molar-refractivity contribution < 1.29 is 14.7 Å². The van der Waals surface area contributed by atoms with Gasteiger partial charge in [0.1, 0.15) is 0 Å². The monoisotopic (exact) mass is 359 g/mol. The molecule has 1 aliphatic rings. The van der Waals surface area contributed by atoms with Crippen LogP contribution in [0.15, 0.2) is 15.9 Å². The van der Waals surface area contributed by atoms with E-state index in [1.807, 2.05) is 19.1 Å². The van der Waals surface area contributed by atoms with Gasteiger partial charge in [-0.05, 0) is 53.2 Å². The number of halogens is 1. The molecule has 0 saturated heterocycles. The van der Waals surface area contributed by atoms with Gasteiger partial charge < -0.3 is 10.4 Å². The summed E-state index contributed by atoms with van der Waals surface area (Å²) in [6.07, 6.45) is 2.06. The Labute approximate surface area is 130 Å². The summed E-state index contributed by atoms with van der Waals surface area (Å²) in [5.41, 5.74) is 0. The molecular formula is C14H18BrNO3S. The number of hydrogen-bond acceptors (Lipinski definition) is 3. The second-order valence-corrected chi connectivity index (χ2v) is 7.92. The Morgan fingerprint density at radius 3 is 2.70 bits per heavy atom. The van der Waals surface area contributed by atoms with Gasteiger partial charge in [0.15, 0.2) is 0 Å². The Morgan fingerprint density at radius 2 is 2.10 bits per heavy atom. The fourth-order valence-electron chi connectivity index (χ4n) is 2.78. The molecule has 3 unspecified atom stereocenters. The molecule has 0 radical (unpaired) electrons. The van der Waals surface area contributed by atoms with Gasteiger partial charge in [0.2, 0.25) is 5.91 Å². The summed E-state index contributed by atoms with van der Waals surface area (Å²) in [7, 11) is 0. The van der Waals surface area contributed by atoms with Crippen molar-refractivity contribution in [3.63, 3.8) is 0 Å². The van der Waals surface area contributed by atoms with Gasteiger partial charge in [0.25, 0.3) is 0 Å². The summed E-state index contributed by atoms with van der Waals surface area (Å²) in [6.45, 7) is 2.56. The van der Waals surface area contributed by atoms with Gasteiger partial charge in [-0.2, -0.15) is 0 Å². The van der Waals surface area contributed by atoms with E-state index in [2.05, 4.69) is 21.2 Å². The number of thiophene rings is 1.